The van der Waals surface area contributed by atoms with E-state index in [2.05, 4.69) is 36.2 Å². The minimum atomic E-state index is -0.411. The third-order valence-corrected chi connectivity index (χ3v) is 3.99. The monoisotopic (exact) mass is 395 g/mol. The van der Waals surface area contributed by atoms with E-state index in [4.69, 9.17) is 0 Å². The largest absolute Gasteiger partial charge is 0.368 e. The predicted molar refractivity (Wildman–Crippen MR) is 111 cm³/mol. The Morgan fingerprint density at radius 3 is 2.55 bits per heavy atom. The summed E-state index contributed by atoms with van der Waals surface area (Å²) in [6.45, 7) is 4.45. The SMILES string of the molecule is Cc1ccnc(Nc2cc(NCCNC(=O)Nc3ccc(C)c(F)c3)ncn2)c1. The highest BCUT2D eigenvalue weighted by molar-refractivity contribution is 5.89. The summed E-state index contributed by atoms with van der Waals surface area (Å²) in [5, 5.41) is 11.5. The van der Waals surface area contributed by atoms with Crippen LogP contribution in [0.4, 0.5) is 32.3 Å². The summed E-state index contributed by atoms with van der Waals surface area (Å²) < 4.78 is 13.5. The molecule has 0 bridgehead atoms. The Labute approximate surface area is 168 Å². The zero-order valence-corrected chi connectivity index (χ0v) is 16.2. The van der Waals surface area contributed by atoms with Crippen LogP contribution in [0, 0.1) is 19.7 Å². The van der Waals surface area contributed by atoms with Crippen molar-refractivity contribution in [2.24, 2.45) is 0 Å². The maximum Gasteiger partial charge on any atom is 0.319 e. The molecule has 0 saturated carbocycles. The van der Waals surface area contributed by atoms with E-state index >= 15 is 0 Å². The van der Waals surface area contributed by atoms with Crippen LogP contribution < -0.4 is 21.3 Å². The van der Waals surface area contributed by atoms with Crippen molar-refractivity contribution in [2.45, 2.75) is 13.8 Å². The van der Waals surface area contributed by atoms with Crippen LogP contribution >= 0.6 is 0 Å². The minimum Gasteiger partial charge on any atom is -0.368 e. The number of carbonyl (C=O) groups is 1. The zero-order chi connectivity index (χ0) is 20.6. The third kappa shape index (κ3) is 6.13. The smallest absolute Gasteiger partial charge is 0.319 e. The number of hydrogen-bond acceptors (Lipinski definition) is 6. The molecule has 0 atom stereocenters. The van der Waals surface area contributed by atoms with Gasteiger partial charge in [-0.3, -0.25) is 0 Å². The van der Waals surface area contributed by atoms with Crippen LogP contribution in [0.3, 0.4) is 0 Å². The quantitative estimate of drug-likeness (QED) is 0.456. The van der Waals surface area contributed by atoms with Crippen LogP contribution in [0.2, 0.25) is 0 Å². The van der Waals surface area contributed by atoms with Crippen molar-refractivity contribution in [1.82, 2.24) is 20.3 Å². The van der Waals surface area contributed by atoms with Crippen molar-refractivity contribution in [1.29, 1.82) is 0 Å². The van der Waals surface area contributed by atoms with Crippen molar-refractivity contribution < 1.29 is 9.18 Å². The molecule has 9 heteroatoms. The van der Waals surface area contributed by atoms with Crippen LogP contribution in [0.1, 0.15) is 11.1 Å². The van der Waals surface area contributed by atoms with Gasteiger partial charge >= 0.3 is 6.03 Å². The molecule has 0 aliphatic rings. The number of aryl methyl sites for hydroxylation is 2. The molecule has 0 unspecified atom stereocenters. The molecule has 1 aromatic carbocycles. The van der Waals surface area contributed by atoms with Gasteiger partial charge in [0.1, 0.15) is 29.6 Å². The highest BCUT2D eigenvalue weighted by Gasteiger charge is 2.04. The third-order valence-electron chi connectivity index (χ3n) is 3.99. The Balaban J connectivity index is 1.44. The fraction of sp³-hybridized carbons (Fsp3) is 0.200. The molecule has 29 heavy (non-hydrogen) atoms. The molecule has 2 aromatic heterocycles. The molecular formula is C20H22FN7O. The van der Waals surface area contributed by atoms with Crippen molar-refractivity contribution in [2.75, 3.05) is 29.0 Å². The van der Waals surface area contributed by atoms with Gasteiger partial charge in [0, 0.05) is 31.0 Å². The summed E-state index contributed by atoms with van der Waals surface area (Å²) >= 11 is 0. The van der Waals surface area contributed by atoms with Crippen LogP contribution in [-0.4, -0.2) is 34.1 Å². The summed E-state index contributed by atoms with van der Waals surface area (Å²) in [6, 6.07) is 9.71. The first kappa shape index (κ1) is 20.0. The highest BCUT2D eigenvalue weighted by Crippen LogP contribution is 2.15. The lowest BCUT2D eigenvalue weighted by Crippen LogP contribution is -2.32. The van der Waals surface area contributed by atoms with Crippen molar-refractivity contribution in [3.8, 4) is 0 Å². The normalized spacial score (nSPS) is 10.3. The Hall–Kier alpha value is -3.75. The number of urea groups is 1. The van der Waals surface area contributed by atoms with E-state index in [1.807, 2.05) is 19.1 Å². The molecule has 2 heterocycles. The number of rotatable bonds is 7. The van der Waals surface area contributed by atoms with Crippen molar-refractivity contribution in [3.63, 3.8) is 0 Å². The number of benzene rings is 1. The Morgan fingerprint density at radius 1 is 0.966 bits per heavy atom. The van der Waals surface area contributed by atoms with E-state index in [0.29, 0.717) is 41.8 Å². The second-order valence-corrected chi connectivity index (χ2v) is 6.40. The van der Waals surface area contributed by atoms with Gasteiger partial charge in [-0.05, 0) is 49.2 Å². The number of nitrogens with one attached hydrogen (secondary N) is 4. The molecule has 8 nitrogen and oxygen atoms in total. The summed E-state index contributed by atoms with van der Waals surface area (Å²) in [5.41, 5.74) is 2.01. The number of anilines is 4. The average Bonchev–Trinajstić information content (AvgIpc) is 2.68. The number of hydrogen-bond donors (Lipinski definition) is 4. The summed E-state index contributed by atoms with van der Waals surface area (Å²) in [5.74, 6) is 1.55. The van der Waals surface area contributed by atoms with Gasteiger partial charge in [-0.25, -0.2) is 24.1 Å². The second-order valence-electron chi connectivity index (χ2n) is 6.40. The lowest BCUT2D eigenvalue weighted by molar-refractivity contribution is 0.252. The zero-order valence-electron chi connectivity index (χ0n) is 16.2. The molecule has 0 saturated heterocycles. The fourth-order valence-electron chi connectivity index (χ4n) is 2.47. The van der Waals surface area contributed by atoms with Gasteiger partial charge in [-0.15, -0.1) is 0 Å². The van der Waals surface area contributed by atoms with Crippen molar-refractivity contribution in [3.05, 3.63) is 65.9 Å². The molecule has 0 radical (unpaired) electrons. The number of halogens is 1. The highest BCUT2D eigenvalue weighted by atomic mass is 19.1. The van der Waals surface area contributed by atoms with Crippen LogP contribution in [-0.2, 0) is 0 Å². The molecule has 3 aromatic rings. The van der Waals surface area contributed by atoms with E-state index in [1.165, 1.54) is 12.4 Å². The maximum atomic E-state index is 13.5. The van der Waals surface area contributed by atoms with E-state index in [1.54, 1.807) is 31.3 Å². The lowest BCUT2D eigenvalue weighted by atomic mass is 10.2. The van der Waals surface area contributed by atoms with Crippen LogP contribution in [0.15, 0.2) is 48.9 Å². The average molecular weight is 395 g/mol. The first-order chi connectivity index (χ1) is 14.0. The maximum absolute atomic E-state index is 13.5. The Morgan fingerprint density at radius 2 is 1.76 bits per heavy atom. The summed E-state index contributed by atoms with van der Waals surface area (Å²) in [7, 11) is 0. The second kappa shape index (κ2) is 9.45. The summed E-state index contributed by atoms with van der Waals surface area (Å²) in [4.78, 5) is 24.4. The Kier molecular flexibility index (Phi) is 6.51. The van der Waals surface area contributed by atoms with Gasteiger partial charge in [-0.1, -0.05) is 6.07 Å². The van der Waals surface area contributed by atoms with E-state index < -0.39 is 6.03 Å². The Bertz CT molecular complexity index is 996. The number of pyridine rings is 1. The van der Waals surface area contributed by atoms with Gasteiger partial charge < -0.3 is 21.3 Å². The van der Waals surface area contributed by atoms with Gasteiger partial charge in [0.15, 0.2) is 0 Å². The van der Waals surface area contributed by atoms with Crippen LogP contribution in [0.5, 0.6) is 0 Å². The number of carbonyl (C=O) groups excluding carboxylic acids is 1. The molecule has 2 amide bonds. The summed E-state index contributed by atoms with van der Waals surface area (Å²) in [6.07, 6.45) is 3.16. The van der Waals surface area contributed by atoms with E-state index in [9.17, 15) is 9.18 Å². The van der Waals surface area contributed by atoms with Gasteiger partial charge in [0.25, 0.3) is 0 Å². The standard InChI is InChI=1S/C20H22FN7O/c1-13-5-6-22-18(9-13)28-19-11-17(25-12-26-19)23-7-8-24-20(29)27-15-4-3-14(2)16(21)10-15/h3-6,9-12H,7-8H2,1-2H3,(H2,24,27,29)(H2,22,23,25,26,28). The number of aromatic nitrogens is 3. The molecular weight excluding hydrogens is 373 g/mol. The van der Waals surface area contributed by atoms with Gasteiger partial charge in [0.2, 0.25) is 0 Å². The van der Waals surface area contributed by atoms with E-state index in [0.717, 1.165) is 5.56 Å². The molecule has 0 spiro atoms. The predicted octanol–water partition coefficient (Wildman–Crippen LogP) is 3.60. The number of amides is 2. The van der Waals surface area contributed by atoms with Crippen LogP contribution in [0.25, 0.3) is 0 Å². The topological polar surface area (TPSA) is 104 Å². The van der Waals surface area contributed by atoms with Gasteiger partial charge in [0.05, 0.1) is 0 Å². The molecule has 3 rings (SSSR count). The molecule has 0 aliphatic carbocycles. The molecule has 4 N–H and O–H groups in total. The fourth-order valence-corrected chi connectivity index (χ4v) is 2.47. The molecule has 0 aliphatic heterocycles. The first-order valence-corrected chi connectivity index (χ1v) is 9.06. The van der Waals surface area contributed by atoms with Crippen molar-refractivity contribution >= 4 is 29.2 Å². The van der Waals surface area contributed by atoms with Gasteiger partial charge in [-0.2, -0.15) is 0 Å². The minimum absolute atomic E-state index is 0.354. The molecule has 0 fully saturated rings. The first-order valence-electron chi connectivity index (χ1n) is 9.06. The lowest BCUT2D eigenvalue weighted by Gasteiger charge is -2.10. The molecule has 150 valence electrons. The number of nitrogens with zero attached hydrogens (tertiary/aromatic N) is 3. The van der Waals surface area contributed by atoms with E-state index in [-0.39, 0.29) is 5.82 Å².